The van der Waals surface area contributed by atoms with E-state index in [0.717, 1.165) is 30.1 Å². The fraction of sp³-hybridized carbons (Fsp3) is 0.409. The summed E-state index contributed by atoms with van der Waals surface area (Å²) in [4.78, 5) is 17.0. The van der Waals surface area contributed by atoms with Gasteiger partial charge in [-0.1, -0.05) is 55.5 Å². The molecule has 0 saturated heterocycles. The summed E-state index contributed by atoms with van der Waals surface area (Å²) in [6, 6.07) is 6.70. The van der Waals surface area contributed by atoms with Crippen molar-refractivity contribution in [3.05, 3.63) is 63.2 Å². The van der Waals surface area contributed by atoms with Crippen molar-refractivity contribution in [1.82, 2.24) is 4.98 Å². The van der Waals surface area contributed by atoms with Crippen molar-refractivity contribution in [3.8, 4) is 0 Å². The first-order valence-electron chi connectivity index (χ1n) is 9.66. The van der Waals surface area contributed by atoms with Gasteiger partial charge < -0.3 is 5.32 Å². The maximum Gasteiger partial charge on any atom is 0.292 e. The first kappa shape index (κ1) is 18.9. The van der Waals surface area contributed by atoms with Gasteiger partial charge in [-0.05, 0) is 55.1 Å². The third-order valence-electron chi connectivity index (χ3n) is 6.46. The van der Waals surface area contributed by atoms with E-state index in [1.165, 1.54) is 22.1 Å². The molecule has 2 aromatic rings. The van der Waals surface area contributed by atoms with Crippen LogP contribution in [0.15, 0.2) is 42.5 Å². The Bertz CT molecular complexity index is 993. The molecule has 2 aliphatic carbocycles. The molecule has 1 aromatic carbocycles. The zero-order valence-electron chi connectivity index (χ0n) is 16.5. The topological polar surface area (TPSA) is 68.1 Å². The van der Waals surface area contributed by atoms with Gasteiger partial charge in [0, 0.05) is 6.07 Å². The molecule has 0 spiro atoms. The Hall–Kier alpha value is -2.47. The lowest BCUT2D eigenvalue weighted by Crippen LogP contribution is -2.36. The summed E-state index contributed by atoms with van der Waals surface area (Å²) in [5.74, 6) is 1.03. The fourth-order valence-corrected chi connectivity index (χ4v) is 5.70. The lowest BCUT2D eigenvalue weighted by atomic mass is 9.59. The minimum absolute atomic E-state index is 0.0649. The number of nitrogens with one attached hydrogen (secondary N) is 1. The molecule has 5 nitrogen and oxygen atoms in total. The third-order valence-corrected chi connectivity index (χ3v) is 7.51. The second-order valence-corrected chi connectivity index (χ2v) is 9.32. The van der Waals surface area contributed by atoms with E-state index in [9.17, 15) is 10.1 Å². The van der Waals surface area contributed by atoms with Crippen LogP contribution in [0.2, 0.25) is 0 Å². The van der Waals surface area contributed by atoms with Gasteiger partial charge in [-0.2, -0.15) is 0 Å². The number of anilines is 2. The fourth-order valence-electron chi connectivity index (χ4n) is 4.52. The molecule has 1 N–H and O–H groups in total. The highest BCUT2D eigenvalue weighted by Gasteiger charge is 2.45. The minimum atomic E-state index is -0.365. The second kappa shape index (κ2) is 6.85. The number of benzene rings is 1. The number of para-hydroxylation sites is 2. The van der Waals surface area contributed by atoms with Crippen molar-refractivity contribution in [2.45, 2.75) is 40.0 Å². The molecular weight excluding hydrogens is 370 g/mol. The van der Waals surface area contributed by atoms with Crippen LogP contribution in [0.5, 0.6) is 0 Å². The van der Waals surface area contributed by atoms with Crippen LogP contribution in [0, 0.1) is 27.4 Å². The maximum absolute atomic E-state index is 11.3. The molecule has 0 aliphatic heterocycles. The molecule has 4 rings (SSSR count). The van der Waals surface area contributed by atoms with E-state index >= 15 is 0 Å². The molecule has 6 heteroatoms. The number of nitro groups is 1. The molecule has 0 saturated carbocycles. The van der Waals surface area contributed by atoms with Crippen molar-refractivity contribution in [3.63, 3.8) is 0 Å². The summed E-state index contributed by atoms with van der Waals surface area (Å²) in [6.07, 6.45) is 5.46. The van der Waals surface area contributed by atoms with E-state index in [1.807, 2.05) is 0 Å². The van der Waals surface area contributed by atoms with Crippen LogP contribution in [0.25, 0.3) is 5.57 Å². The van der Waals surface area contributed by atoms with E-state index in [1.54, 1.807) is 29.5 Å². The maximum atomic E-state index is 11.3. The molecule has 1 aromatic heterocycles. The molecule has 2 aliphatic rings. The van der Waals surface area contributed by atoms with Gasteiger partial charge in [0.15, 0.2) is 5.13 Å². The molecular formula is C22H25N3O2S. The largest absolute Gasteiger partial charge is 0.326 e. The van der Waals surface area contributed by atoms with E-state index in [4.69, 9.17) is 4.98 Å². The lowest BCUT2D eigenvalue weighted by molar-refractivity contribution is -0.383. The summed E-state index contributed by atoms with van der Waals surface area (Å²) >= 11 is 1.61. The number of fused-ring (bicyclic) bond motifs is 3. The number of nitrogens with zero attached hydrogens (tertiary/aromatic N) is 2. The smallest absolute Gasteiger partial charge is 0.292 e. The van der Waals surface area contributed by atoms with E-state index in [-0.39, 0.29) is 16.0 Å². The molecule has 0 fully saturated rings. The number of allylic oxidation sites excluding steroid dienone is 3. The predicted octanol–water partition coefficient (Wildman–Crippen LogP) is 6.36. The van der Waals surface area contributed by atoms with Crippen LogP contribution in [0.4, 0.5) is 16.5 Å². The van der Waals surface area contributed by atoms with Gasteiger partial charge in [-0.3, -0.25) is 10.1 Å². The summed E-state index contributed by atoms with van der Waals surface area (Å²) in [5, 5.41) is 15.2. The number of rotatable bonds is 4. The first-order valence-corrected chi connectivity index (χ1v) is 10.5. The molecule has 146 valence electrons. The standard InChI is InChI=1S/C22H25N3O2S/c1-13(2)15-9-10-16-20-18(11-14(3)22(16,4)12-15)24-21(28-20)23-17-7-5-6-8-19(17)25(26)27/h5-8,10,14-15H,1,9,11-12H2,2-4H3,(H,23,24)/t14-,15-,22+/m1/s1. The zero-order chi connectivity index (χ0) is 20.1. The lowest BCUT2D eigenvalue weighted by Gasteiger charge is -2.46. The Morgan fingerprint density at radius 3 is 2.89 bits per heavy atom. The highest BCUT2D eigenvalue weighted by molar-refractivity contribution is 7.16. The second-order valence-electron chi connectivity index (χ2n) is 8.32. The Balaban J connectivity index is 1.70. The summed E-state index contributed by atoms with van der Waals surface area (Å²) < 4.78 is 0. The normalized spacial score (nSPS) is 26.0. The summed E-state index contributed by atoms with van der Waals surface area (Å²) in [7, 11) is 0. The van der Waals surface area contributed by atoms with Crippen molar-refractivity contribution < 1.29 is 4.92 Å². The summed E-state index contributed by atoms with van der Waals surface area (Å²) in [6.45, 7) is 11.0. The van der Waals surface area contributed by atoms with Gasteiger partial charge in [0.05, 0.1) is 15.5 Å². The van der Waals surface area contributed by atoms with E-state index in [0.29, 0.717) is 17.5 Å². The van der Waals surface area contributed by atoms with Gasteiger partial charge in [0.1, 0.15) is 5.69 Å². The first-order chi connectivity index (χ1) is 13.3. The molecule has 0 bridgehead atoms. The molecule has 1 heterocycles. The third kappa shape index (κ3) is 3.05. The number of hydrogen-bond donors (Lipinski definition) is 1. The Morgan fingerprint density at radius 1 is 1.43 bits per heavy atom. The Labute approximate surface area is 169 Å². The van der Waals surface area contributed by atoms with Crippen LogP contribution < -0.4 is 5.32 Å². The number of nitro benzene ring substituents is 1. The van der Waals surface area contributed by atoms with Crippen molar-refractivity contribution in [1.29, 1.82) is 0 Å². The van der Waals surface area contributed by atoms with Crippen molar-refractivity contribution in [2.75, 3.05) is 5.32 Å². The van der Waals surface area contributed by atoms with Gasteiger partial charge in [0.2, 0.25) is 0 Å². The number of hydrogen-bond acceptors (Lipinski definition) is 5. The van der Waals surface area contributed by atoms with E-state index < -0.39 is 0 Å². The van der Waals surface area contributed by atoms with Gasteiger partial charge in [-0.25, -0.2) is 4.98 Å². The Kier molecular flexibility index (Phi) is 4.62. The van der Waals surface area contributed by atoms with Crippen LogP contribution in [0.1, 0.15) is 44.2 Å². The van der Waals surface area contributed by atoms with Crippen LogP contribution in [-0.4, -0.2) is 9.91 Å². The molecule has 28 heavy (non-hydrogen) atoms. The Morgan fingerprint density at radius 2 is 2.18 bits per heavy atom. The van der Waals surface area contributed by atoms with Crippen LogP contribution in [-0.2, 0) is 6.42 Å². The van der Waals surface area contributed by atoms with Gasteiger partial charge in [-0.15, -0.1) is 0 Å². The average Bonchev–Trinajstić information content (AvgIpc) is 3.03. The van der Waals surface area contributed by atoms with Gasteiger partial charge >= 0.3 is 0 Å². The zero-order valence-corrected chi connectivity index (χ0v) is 17.3. The number of aromatic nitrogens is 1. The molecule has 0 unspecified atom stereocenters. The minimum Gasteiger partial charge on any atom is -0.326 e. The monoisotopic (exact) mass is 395 g/mol. The predicted molar refractivity (Wildman–Crippen MR) is 115 cm³/mol. The van der Waals surface area contributed by atoms with E-state index in [2.05, 4.69) is 38.7 Å². The van der Waals surface area contributed by atoms with Crippen molar-refractivity contribution >= 4 is 33.4 Å². The average molecular weight is 396 g/mol. The summed E-state index contributed by atoms with van der Waals surface area (Å²) in [5.41, 5.74) is 4.43. The molecule has 0 radical (unpaired) electrons. The molecule has 3 atom stereocenters. The van der Waals surface area contributed by atoms with Crippen LogP contribution >= 0.6 is 11.3 Å². The highest BCUT2D eigenvalue weighted by atomic mass is 32.1. The van der Waals surface area contributed by atoms with Gasteiger partial charge in [0.25, 0.3) is 5.69 Å². The number of thiazole rings is 1. The SMILES string of the molecule is C=C(C)[C@@H]1CC=C2c3sc(Nc4ccccc4[N+](=O)[O-])nc3C[C@@H](C)[C@]2(C)C1. The van der Waals surface area contributed by atoms with Crippen molar-refractivity contribution in [2.24, 2.45) is 17.3 Å². The molecule has 0 amide bonds. The quantitative estimate of drug-likeness (QED) is 0.371. The highest BCUT2D eigenvalue weighted by Crippen LogP contribution is 2.57. The van der Waals surface area contributed by atoms with Crippen LogP contribution in [0.3, 0.4) is 0 Å².